The summed E-state index contributed by atoms with van der Waals surface area (Å²) in [6.45, 7) is 0. The largest absolute Gasteiger partial charge is 0.452 e. The molecule has 0 fully saturated rings. The fourth-order valence-corrected chi connectivity index (χ4v) is 2.36. The number of benzene rings is 2. The standard InChI is InChI=1S/C15H14FNO/c16-13-5-2-6-14(17)15(13)18-12-8-7-10-3-1-4-11(10)9-12/h2,5-9H,1,3-4,17H2. The second-order valence-electron chi connectivity index (χ2n) is 4.54. The molecule has 0 radical (unpaired) electrons. The maximum Gasteiger partial charge on any atom is 0.185 e. The molecule has 0 atom stereocenters. The van der Waals surface area contributed by atoms with Crippen molar-refractivity contribution < 1.29 is 9.13 Å². The highest BCUT2D eigenvalue weighted by Gasteiger charge is 2.13. The molecule has 2 aromatic carbocycles. The van der Waals surface area contributed by atoms with Crippen molar-refractivity contribution in [1.82, 2.24) is 0 Å². The number of hydrogen-bond acceptors (Lipinski definition) is 2. The molecule has 0 aromatic heterocycles. The molecule has 1 aliphatic rings. The summed E-state index contributed by atoms with van der Waals surface area (Å²) < 4.78 is 19.2. The molecule has 3 heteroatoms. The molecule has 0 saturated heterocycles. The SMILES string of the molecule is Nc1cccc(F)c1Oc1ccc2c(c1)CCC2. The molecule has 1 aliphatic carbocycles. The maximum atomic E-state index is 13.6. The summed E-state index contributed by atoms with van der Waals surface area (Å²) >= 11 is 0. The first-order chi connectivity index (χ1) is 8.74. The molecule has 0 aliphatic heterocycles. The molecule has 0 saturated carbocycles. The Morgan fingerprint density at radius 1 is 1.06 bits per heavy atom. The Hall–Kier alpha value is -2.03. The molecule has 3 rings (SSSR count). The number of aryl methyl sites for hydroxylation is 2. The molecule has 18 heavy (non-hydrogen) atoms. The summed E-state index contributed by atoms with van der Waals surface area (Å²) in [6.07, 6.45) is 3.37. The Morgan fingerprint density at radius 2 is 1.89 bits per heavy atom. The van der Waals surface area contributed by atoms with Gasteiger partial charge in [0.15, 0.2) is 11.6 Å². The van der Waals surface area contributed by atoms with Crippen molar-refractivity contribution in [2.45, 2.75) is 19.3 Å². The number of anilines is 1. The van der Waals surface area contributed by atoms with Gasteiger partial charge in [-0.3, -0.25) is 0 Å². The minimum Gasteiger partial charge on any atom is -0.452 e. The van der Waals surface area contributed by atoms with E-state index in [4.69, 9.17) is 10.5 Å². The van der Waals surface area contributed by atoms with Gasteiger partial charge in [0.05, 0.1) is 5.69 Å². The second-order valence-corrected chi connectivity index (χ2v) is 4.54. The first kappa shape index (κ1) is 11.1. The number of ether oxygens (including phenoxy) is 1. The first-order valence-electron chi connectivity index (χ1n) is 6.08. The lowest BCUT2D eigenvalue weighted by Gasteiger charge is -2.10. The van der Waals surface area contributed by atoms with Gasteiger partial charge in [0.1, 0.15) is 5.75 Å². The zero-order valence-electron chi connectivity index (χ0n) is 9.95. The van der Waals surface area contributed by atoms with Gasteiger partial charge in [0, 0.05) is 0 Å². The average Bonchev–Trinajstić information content (AvgIpc) is 2.81. The van der Waals surface area contributed by atoms with Crippen molar-refractivity contribution in [3.05, 3.63) is 53.3 Å². The average molecular weight is 243 g/mol. The van der Waals surface area contributed by atoms with E-state index in [2.05, 4.69) is 6.07 Å². The van der Waals surface area contributed by atoms with E-state index in [9.17, 15) is 4.39 Å². The molecule has 0 unspecified atom stereocenters. The van der Waals surface area contributed by atoms with Gasteiger partial charge in [-0.1, -0.05) is 12.1 Å². The minimum atomic E-state index is -0.435. The van der Waals surface area contributed by atoms with Crippen molar-refractivity contribution in [2.24, 2.45) is 0 Å². The van der Waals surface area contributed by atoms with Crippen molar-refractivity contribution in [1.29, 1.82) is 0 Å². The molecule has 0 bridgehead atoms. The van der Waals surface area contributed by atoms with Crippen LogP contribution in [0.2, 0.25) is 0 Å². The van der Waals surface area contributed by atoms with Crippen molar-refractivity contribution >= 4 is 5.69 Å². The second kappa shape index (κ2) is 4.33. The lowest BCUT2D eigenvalue weighted by atomic mass is 10.1. The van der Waals surface area contributed by atoms with Crippen LogP contribution in [0.4, 0.5) is 10.1 Å². The van der Waals surface area contributed by atoms with E-state index in [1.54, 1.807) is 12.1 Å². The van der Waals surface area contributed by atoms with Gasteiger partial charge in [-0.2, -0.15) is 0 Å². The van der Waals surface area contributed by atoms with Crippen LogP contribution in [0.3, 0.4) is 0 Å². The molecule has 92 valence electrons. The molecule has 0 heterocycles. The fourth-order valence-electron chi connectivity index (χ4n) is 2.36. The molecule has 2 aromatic rings. The molecule has 2 N–H and O–H groups in total. The summed E-state index contributed by atoms with van der Waals surface area (Å²) in [5.41, 5.74) is 8.69. The first-order valence-corrected chi connectivity index (χ1v) is 6.08. The Bertz CT molecular complexity index is 575. The topological polar surface area (TPSA) is 35.2 Å². The highest BCUT2D eigenvalue weighted by molar-refractivity contribution is 5.54. The summed E-state index contributed by atoms with van der Waals surface area (Å²) in [5, 5.41) is 0. The highest BCUT2D eigenvalue weighted by Crippen LogP contribution is 2.32. The number of halogens is 1. The van der Waals surface area contributed by atoms with Gasteiger partial charge in [0.2, 0.25) is 0 Å². The highest BCUT2D eigenvalue weighted by atomic mass is 19.1. The zero-order valence-corrected chi connectivity index (χ0v) is 9.95. The molecule has 0 amide bonds. The van der Waals surface area contributed by atoms with Crippen LogP contribution in [0.25, 0.3) is 0 Å². The fraction of sp³-hybridized carbons (Fsp3) is 0.200. The molecular formula is C15H14FNO. The summed E-state index contributed by atoms with van der Waals surface area (Å²) in [7, 11) is 0. The number of rotatable bonds is 2. The zero-order chi connectivity index (χ0) is 12.5. The van der Waals surface area contributed by atoms with Crippen LogP contribution in [-0.2, 0) is 12.8 Å². The quantitative estimate of drug-likeness (QED) is 0.816. The lowest BCUT2D eigenvalue weighted by molar-refractivity contribution is 0.444. The third-order valence-corrected chi connectivity index (χ3v) is 3.29. The number of nitrogens with two attached hydrogens (primary N) is 1. The van der Waals surface area contributed by atoms with E-state index in [1.807, 2.05) is 12.1 Å². The minimum absolute atomic E-state index is 0.107. The van der Waals surface area contributed by atoms with Crippen LogP contribution >= 0.6 is 0 Å². The van der Waals surface area contributed by atoms with Gasteiger partial charge < -0.3 is 10.5 Å². The Labute approximate surface area is 105 Å². The molecule has 2 nitrogen and oxygen atoms in total. The third-order valence-electron chi connectivity index (χ3n) is 3.29. The van der Waals surface area contributed by atoms with Gasteiger partial charge in [-0.15, -0.1) is 0 Å². The van der Waals surface area contributed by atoms with Crippen LogP contribution in [-0.4, -0.2) is 0 Å². The number of fused-ring (bicyclic) bond motifs is 1. The Morgan fingerprint density at radius 3 is 2.72 bits per heavy atom. The van der Waals surface area contributed by atoms with E-state index < -0.39 is 5.82 Å². The van der Waals surface area contributed by atoms with Crippen molar-refractivity contribution in [3.8, 4) is 11.5 Å². The van der Waals surface area contributed by atoms with Crippen molar-refractivity contribution in [2.75, 3.05) is 5.73 Å². The van der Waals surface area contributed by atoms with Gasteiger partial charge in [-0.25, -0.2) is 4.39 Å². The van der Waals surface area contributed by atoms with E-state index in [1.165, 1.54) is 23.6 Å². The third kappa shape index (κ3) is 1.92. The predicted molar refractivity (Wildman–Crippen MR) is 69.4 cm³/mol. The van der Waals surface area contributed by atoms with E-state index in [0.29, 0.717) is 11.4 Å². The lowest BCUT2D eigenvalue weighted by Crippen LogP contribution is -1.95. The summed E-state index contributed by atoms with van der Waals surface area (Å²) in [6, 6.07) is 10.4. The van der Waals surface area contributed by atoms with E-state index in [-0.39, 0.29) is 5.75 Å². The van der Waals surface area contributed by atoms with E-state index >= 15 is 0 Å². The normalized spacial score (nSPS) is 13.4. The predicted octanol–water partition coefficient (Wildman–Crippen LogP) is 3.69. The van der Waals surface area contributed by atoms with E-state index in [0.717, 1.165) is 12.8 Å². The summed E-state index contributed by atoms with van der Waals surface area (Å²) in [4.78, 5) is 0. The number of hydrogen-bond donors (Lipinski definition) is 1. The smallest absolute Gasteiger partial charge is 0.185 e. The van der Waals surface area contributed by atoms with Crippen LogP contribution < -0.4 is 10.5 Å². The van der Waals surface area contributed by atoms with Gasteiger partial charge >= 0.3 is 0 Å². The number of para-hydroxylation sites is 1. The monoisotopic (exact) mass is 243 g/mol. The van der Waals surface area contributed by atoms with Crippen LogP contribution in [0.1, 0.15) is 17.5 Å². The maximum absolute atomic E-state index is 13.6. The van der Waals surface area contributed by atoms with Gasteiger partial charge in [0.25, 0.3) is 0 Å². The summed E-state index contributed by atoms with van der Waals surface area (Å²) in [5.74, 6) is 0.318. The van der Waals surface area contributed by atoms with Crippen molar-refractivity contribution in [3.63, 3.8) is 0 Å². The Kier molecular flexibility index (Phi) is 2.67. The van der Waals surface area contributed by atoms with Gasteiger partial charge in [-0.05, 0) is 54.7 Å². The molecule has 0 spiro atoms. The molecular weight excluding hydrogens is 229 g/mol. The number of nitrogen functional groups attached to an aromatic ring is 1. The Balaban J connectivity index is 1.93. The van der Waals surface area contributed by atoms with Crippen LogP contribution in [0.5, 0.6) is 11.5 Å². The van der Waals surface area contributed by atoms with Crippen LogP contribution in [0, 0.1) is 5.82 Å². The van der Waals surface area contributed by atoms with Crippen LogP contribution in [0.15, 0.2) is 36.4 Å².